The van der Waals surface area contributed by atoms with Crippen molar-refractivity contribution in [3.8, 4) is 0 Å². The molecule has 0 saturated carbocycles. The van der Waals surface area contributed by atoms with Gasteiger partial charge in [0.25, 0.3) is 0 Å². The Morgan fingerprint density at radius 1 is 1.00 bits per heavy atom. The SMILES string of the molecule is CCOC(=O)c1ccccc1C[c-]1cccc1.[Fe].[cH-]1[cH-][cH-][cH-][cH-]1. The summed E-state index contributed by atoms with van der Waals surface area (Å²) in [4.78, 5) is 11.8. The first kappa shape index (κ1) is 19.0. The summed E-state index contributed by atoms with van der Waals surface area (Å²) in [6.07, 6.45) is 0.766. The van der Waals surface area contributed by atoms with Crippen molar-refractivity contribution in [1.29, 1.82) is 0 Å². The first-order valence-corrected chi connectivity index (χ1v) is 7.43. The van der Waals surface area contributed by atoms with Crippen LogP contribution in [0.4, 0.5) is 0 Å². The molecule has 0 amide bonds. The van der Waals surface area contributed by atoms with Crippen LogP contribution in [-0.2, 0) is 28.2 Å². The zero-order valence-electron chi connectivity index (χ0n) is 13.1. The van der Waals surface area contributed by atoms with E-state index in [0.717, 1.165) is 12.0 Å². The number of ether oxygens (including phenoxy) is 1. The fraction of sp³-hybridized carbons (Fsp3) is 0.150. The summed E-state index contributed by atoms with van der Waals surface area (Å²) in [5.41, 5.74) is 2.88. The number of rotatable bonds is 4. The van der Waals surface area contributed by atoms with Gasteiger partial charge in [-0.05, 0) is 25.0 Å². The molecule has 0 aliphatic heterocycles. The third-order valence-corrected chi connectivity index (χ3v) is 3.19. The van der Waals surface area contributed by atoms with Crippen molar-refractivity contribution in [2.75, 3.05) is 6.61 Å². The average molecular weight is 348 g/mol. The van der Waals surface area contributed by atoms with E-state index in [2.05, 4.69) is 12.1 Å². The second-order valence-electron chi connectivity index (χ2n) is 4.81. The molecule has 0 aliphatic carbocycles. The van der Waals surface area contributed by atoms with Crippen molar-refractivity contribution in [2.45, 2.75) is 13.3 Å². The third kappa shape index (κ3) is 6.27. The molecule has 0 bridgehead atoms. The number of esters is 1. The van der Waals surface area contributed by atoms with Crippen LogP contribution < -0.4 is 0 Å². The van der Waals surface area contributed by atoms with Crippen LogP contribution in [0.15, 0.2) is 78.9 Å². The van der Waals surface area contributed by atoms with E-state index >= 15 is 0 Å². The predicted molar refractivity (Wildman–Crippen MR) is 89.3 cm³/mol. The van der Waals surface area contributed by atoms with Crippen molar-refractivity contribution < 1.29 is 26.6 Å². The van der Waals surface area contributed by atoms with Gasteiger partial charge in [-0.1, -0.05) is 18.2 Å². The summed E-state index contributed by atoms with van der Waals surface area (Å²) < 4.78 is 5.05. The van der Waals surface area contributed by atoms with Crippen molar-refractivity contribution in [1.82, 2.24) is 0 Å². The molecule has 3 aromatic carbocycles. The van der Waals surface area contributed by atoms with Crippen LogP contribution in [0.1, 0.15) is 28.4 Å². The normalized spacial score (nSPS) is 9.26. The number of carbonyl (C=O) groups is 1. The van der Waals surface area contributed by atoms with Gasteiger partial charge in [0.2, 0.25) is 0 Å². The quantitative estimate of drug-likeness (QED) is 0.392. The molecule has 0 N–H and O–H groups in total. The Balaban J connectivity index is 0.000000377. The van der Waals surface area contributed by atoms with Gasteiger partial charge in [0.05, 0.1) is 12.2 Å². The minimum absolute atomic E-state index is 0. The molecule has 3 aromatic rings. The van der Waals surface area contributed by atoms with E-state index in [4.69, 9.17) is 4.74 Å². The Labute approximate surface area is 148 Å². The Morgan fingerprint density at radius 3 is 2.13 bits per heavy atom. The fourth-order valence-corrected chi connectivity index (χ4v) is 2.15. The van der Waals surface area contributed by atoms with E-state index in [1.54, 1.807) is 0 Å². The summed E-state index contributed by atoms with van der Waals surface area (Å²) >= 11 is 0. The zero-order valence-corrected chi connectivity index (χ0v) is 14.2. The third-order valence-electron chi connectivity index (χ3n) is 3.19. The number of hydrogen-bond donors (Lipinski definition) is 0. The number of benzene rings is 1. The molecule has 0 heterocycles. The molecule has 2 nitrogen and oxygen atoms in total. The maximum Gasteiger partial charge on any atom is 0.338 e. The maximum atomic E-state index is 11.8. The molecule has 126 valence electrons. The molecule has 3 rings (SSSR count). The summed E-state index contributed by atoms with van der Waals surface area (Å²) in [5, 5.41) is 0. The number of carbonyl (C=O) groups excluding carboxylic acids is 1. The molecule has 0 unspecified atom stereocenters. The van der Waals surface area contributed by atoms with E-state index in [-0.39, 0.29) is 23.0 Å². The van der Waals surface area contributed by atoms with Gasteiger partial charge in [0.15, 0.2) is 0 Å². The van der Waals surface area contributed by atoms with Gasteiger partial charge >= 0.3 is 5.97 Å². The van der Waals surface area contributed by atoms with Crippen LogP contribution >= 0.6 is 0 Å². The largest absolute Gasteiger partial charge is 0.748 e. The van der Waals surface area contributed by atoms with E-state index in [1.807, 2.05) is 73.7 Å². The topological polar surface area (TPSA) is 26.3 Å². The Hall–Kier alpha value is -2.09. The molecular weight excluding hydrogens is 328 g/mol. The minimum atomic E-state index is -0.241. The van der Waals surface area contributed by atoms with Gasteiger partial charge in [-0.3, -0.25) is 0 Å². The molecule has 0 aliphatic rings. The van der Waals surface area contributed by atoms with Crippen molar-refractivity contribution in [2.24, 2.45) is 0 Å². The van der Waals surface area contributed by atoms with Gasteiger partial charge in [-0.2, -0.15) is 17.7 Å². The Kier molecular flexibility index (Phi) is 8.74. The summed E-state index contributed by atoms with van der Waals surface area (Å²) in [5.74, 6) is -0.241. The molecular formula is C20H20FeO2-6. The molecule has 0 aromatic heterocycles. The smallest absolute Gasteiger partial charge is 0.338 e. The summed E-state index contributed by atoms with van der Waals surface area (Å²) in [6.45, 7) is 2.22. The molecule has 0 radical (unpaired) electrons. The monoisotopic (exact) mass is 348 g/mol. The van der Waals surface area contributed by atoms with Crippen molar-refractivity contribution in [3.05, 3.63) is 95.6 Å². The Bertz CT molecular complexity index is 638. The minimum Gasteiger partial charge on any atom is -0.748 e. The van der Waals surface area contributed by atoms with Crippen LogP contribution in [0.3, 0.4) is 0 Å². The van der Waals surface area contributed by atoms with Gasteiger partial charge in [0, 0.05) is 17.1 Å². The van der Waals surface area contributed by atoms with Crippen LogP contribution in [0.25, 0.3) is 0 Å². The van der Waals surface area contributed by atoms with E-state index in [0.29, 0.717) is 12.2 Å². The van der Waals surface area contributed by atoms with E-state index in [1.165, 1.54) is 5.56 Å². The second-order valence-corrected chi connectivity index (χ2v) is 4.81. The van der Waals surface area contributed by atoms with E-state index < -0.39 is 0 Å². The molecule has 0 saturated heterocycles. The maximum absolute atomic E-state index is 11.8. The first-order chi connectivity index (χ1) is 10.8. The fourth-order valence-electron chi connectivity index (χ4n) is 2.15. The molecule has 0 fully saturated rings. The summed E-state index contributed by atoms with van der Waals surface area (Å²) in [7, 11) is 0. The van der Waals surface area contributed by atoms with Gasteiger partial charge in [-0.15, -0.1) is 0 Å². The molecule has 23 heavy (non-hydrogen) atoms. The van der Waals surface area contributed by atoms with Crippen molar-refractivity contribution >= 4 is 5.97 Å². The molecule has 3 heteroatoms. The van der Waals surface area contributed by atoms with Gasteiger partial charge in [0.1, 0.15) is 0 Å². The predicted octanol–water partition coefficient (Wildman–Crippen LogP) is 4.58. The molecule has 0 spiro atoms. The van der Waals surface area contributed by atoms with Crippen LogP contribution in [0.2, 0.25) is 0 Å². The zero-order chi connectivity index (χ0) is 15.6. The van der Waals surface area contributed by atoms with E-state index in [9.17, 15) is 4.79 Å². The standard InChI is InChI=1S/C15H15O2.C5H5.Fe/c1-2-17-15(16)14-10-6-5-9-13(14)11-12-7-3-4-8-12;1-2-4-5-3-1;/h3-10H,2,11H2,1H3;1-5H;/q-1;-5;. The average Bonchev–Trinajstić information content (AvgIpc) is 3.24. The number of hydrogen-bond acceptors (Lipinski definition) is 2. The Morgan fingerprint density at radius 2 is 1.57 bits per heavy atom. The van der Waals surface area contributed by atoms with Gasteiger partial charge in [-0.25, -0.2) is 16.9 Å². The van der Waals surface area contributed by atoms with Crippen LogP contribution in [0.5, 0.6) is 0 Å². The first-order valence-electron chi connectivity index (χ1n) is 7.43. The molecule has 0 atom stereocenters. The second kappa shape index (κ2) is 10.6. The van der Waals surface area contributed by atoms with Gasteiger partial charge < -0.3 is 35.1 Å². The summed E-state index contributed by atoms with van der Waals surface area (Å²) in [6, 6.07) is 25.7. The van der Waals surface area contributed by atoms with Crippen LogP contribution in [0, 0.1) is 0 Å². The van der Waals surface area contributed by atoms with Crippen LogP contribution in [-0.4, -0.2) is 12.6 Å². The van der Waals surface area contributed by atoms with Crippen molar-refractivity contribution in [3.63, 3.8) is 0 Å².